The summed E-state index contributed by atoms with van der Waals surface area (Å²) >= 11 is 1.42. The largest absolute Gasteiger partial charge is 0.489 e. The molecule has 1 aliphatic rings. The van der Waals surface area contributed by atoms with E-state index >= 15 is 0 Å². The van der Waals surface area contributed by atoms with Crippen molar-refractivity contribution in [3.05, 3.63) is 47.6 Å². The molecule has 4 N–H and O–H groups in total. The summed E-state index contributed by atoms with van der Waals surface area (Å²) in [6.07, 6.45) is 3.55. The van der Waals surface area contributed by atoms with Crippen LogP contribution in [0.1, 0.15) is 44.1 Å². The molecule has 3 aromatic rings. The number of carbonyl (C=O) groups excluding carboxylic acids is 1. The van der Waals surface area contributed by atoms with E-state index in [1.807, 2.05) is 25.3 Å². The van der Waals surface area contributed by atoms with Crippen LogP contribution in [-0.4, -0.2) is 56.8 Å². The maximum absolute atomic E-state index is 12.6. The second kappa shape index (κ2) is 11.9. The SMILES string of the molecule is CCN1CCC(NC(=O)c2ccc(-c3csc(Nc4cc(S(N)=O)ccc4OC(C)C)n3)cn2)CC1. The molecular formula is C25H32N6O3S2. The number of likely N-dealkylation sites (tertiary alicyclic amines) is 1. The molecule has 1 fully saturated rings. The van der Waals surface area contributed by atoms with E-state index in [1.54, 1.807) is 30.5 Å². The summed E-state index contributed by atoms with van der Waals surface area (Å²) in [5.41, 5.74) is 2.57. The summed E-state index contributed by atoms with van der Waals surface area (Å²) in [6, 6.07) is 8.91. The van der Waals surface area contributed by atoms with Gasteiger partial charge in [-0.3, -0.25) is 9.78 Å². The Balaban J connectivity index is 1.42. The van der Waals surface area contributed by atoms with Gasteiger partial charge in [-0.05, 0) is 63.6 Å². The van der Waals surface area contributed by atoms with Gasteiger partial charge < -0.3 is 20.3 Å². The molecule has 1 aromatic carbocycles. The predicted octanol–water partition coefficient (Wildman–Crippen LogP) is 3.93. The van der Waals surface area contributed by atoms with Crippen LogP contribution in [0.25, 0.3) is 11.3 Å². The van der Waals surface area contributed by atoms with E-state index in [4.69, 9.17) is 9.88 Å². The number of rotatable bonds is 9. The Hall–Kier alpha value is -2.86. The minimum atomic E-state index is -1.61. The van der Waals surface area contributed by atoms with Gasteiger partial charge in [0, 0.05) is 36.3 Å². The molecule has 36 heavy (non-hydrogen) atoms. The van der Waals surface area contributed by atoms with Crippen LogP contribution in [0.5, 0.6) is 5.75 Å². The Morgan fingerprint density at radius 1 is 1.28 bits per heavy atom. The predicted molar refractivity (Wildman–Crippen MR) is 144 cm³/mol. The van der Waals surface area contributed by atoms with Gasteiger partial charge in [0.15, 0.2) is 5.13 Å². The number of piperidine rings is 1. The van der Waals surface area contributed by atoms with Gasteiger partial charge >= 0.3 is 0 Å². The average molecular weight is 529 g/mol. The van der Waals surface area contributed by atoms with Crippen LogP contribution in [-0.2, 0) is 11.0 Å². The number of nitrogens with one attached hydrogen (secondary N) is 2. The Bertz CT molecular complexity index is 1210. The van der Waals surface area contributed by atoms with Crippen molar-refractivity contribution in [3.8, 4) is 17.0 Å². The highest BCUT2D eigenvalue weighted by Crippen LogP contribution is 2.33. The van der Waals surface area contributed by atoms with E-state index < -0.39 is 11.0 Å². The van der Waals surface area contributed by atoms with Gasteiger partial charge in [-0.1, -0.05) is 6.92 Å². The fraction of sp³-hybridized carbons (Fsp3) is 0.400. The van der Waals surface area contributed by atoms with Crippen molar-refractivity contribution in [2.45, 2.75) is 50.7 Å². The summed E-state index contributed by atoms with van der Waals surface area (Å²) < 4.78 is 17.6. The number of anilines is 2. The Labute approximate surface area is 218 Å². The highest BCUT2D eigenvalue weighted by Gasteiger charge is 2.21. The normalized spacial score (nSPS) is 15.6. The standard InChI is InChI=1S/C25H32N6O3S2/c1-4-31-11-9-18(10-12-31)28-24(32)20-7-5-17(14-27-20)22-15-35-25(30-22)29-21-13-19(36(26)33)6-8-23(21)34-16(2)3/h5-8,13-16,18H,4,9-12,26H2,1-3H3,(H,28,32)(H,29,30). The molecule has 1 aliphatic heterocycles. The van der Waals surface area contributed by atoms with E-state index in [0.717, 1.165) is 43.7 Å². The first-order valence-electron chi connectivity index (χ1n) is 12.0. The van der Waals surface area contributed by atoms with E-state index in [2.05, 4.69) is 32.4 Å². The fourth-order valence-electron chi connectivity index (χ4n) is 4.00. The number of amides is 1. The molecule has 4 rings (SSSR count). The lowest BCUT2D eigenvalue weighted by atomic mass is 10.0. The lowest BCUT2D eigenvalue weighted by Crippen LogP contribution is -2.44. The quantitative estimate of drug-likeness (QED) is 0.385. The number of hydrogen-bond donors (Lipinski definition) is 3. The summed E-state index contributed by atoms with van der Waals surface area (Å²) in [5.74, 6) is 0.473. The number of pyridine rings is 1. The molecule has 0 spiro atoms. The number of carbonyl (C=O) groups is 1. The van der Waals surface area contributed by atoms with Crippen molar-refractivity contribution in [3.63, 3.8) is 0 Å². The highest BCUT2D eigenvalue weighted by molar-refractivity contribution is 7.82. The van der Waals surface area contributed by atoms with Crippen molar-refractivity contribution in [1.29, 1.82) is 0 Å². The molecule has 192 valence electrons. The zero-order valence-electron chi connectivity index (χ0n) is 20.7. The van der Waals surface area contributed by atoms with E-state index in [1.165, 1.54) is 11.3 Å². The molecule has 2 aromatic heterocycles. The number of hydrogen-bond acceptors (Lipinski definition) is 8. The molecule has 0 bridgehead atoms. The topological polar surface area (TPSA) is 122 Å². The van der Waals surface area contributed by atoms with Crippen molar-refractivity contribution >= 4 is 39.0 Å². The Morgan fingerprint density at radius 2 is 2.06 bits per heavy atom. The lowest BCUT2D eigenvalue weighted by molar-refractivity contribution is 0.0907. The molecular weight excluding hydrogens is 496 g/mol. The molecule has 1 saturated heterocycles. The van der Waals surface area contributed by atoms with Gasteiger partial charge in [-0.15, -0.1) is 11.3 Å². The Kier molecular flexibility index (Phi) is 8.68. The number of benzene rings is 1. The monoisotopic (exact) mass is 528 g/mol. The van der Waals surface area contributed by atoms with Crippen LogP contribution in [0, 0.1) is 0 Å². The molecule has 3 heterocycles. The highest BCUT2D eigenvalue weighted by atomic mass is 32.2. The summed E-state index contributed by atoms with van der Waals surface area (Å²) in [7, 11) is -1.61. The first-order valence-corrected chi connectivity index (χ1v) is 14.1. The molecule has 0 aliphatic carbocycles. The number of aromatic nitrogens is 2. The van der Waals surface area contributed by atoms with Crippen LogP contribution in [0.2, 0.25) is 0 Å². The van der Waals surface area contributed by atoms with Crippen molar-refractivity contribution in [1.82, 2.24) is 20.2 Å². The Morgan fingerprint density at radius 3 is 2.69 bits per heavy atom. The summed E-state index contributed by atoms with van der Waals surface area (Å²) in [6.45, 7) is 9.09. The van der Waals surface area contributed by atoms with Crippen molar-refractivity contribution in [2.24, 2.45) is 5.14 Å². The second-order valence-electron chi connectivity index (χ2n) is 8.90. The minimum absolute atomic E-state index is 0.0300. The number of thiazole rings is 1. The molecule has 0 saturated carbocycles. The molecule has 1 amide bonds. The first kappa shape index (κ1) is 26.2. The minimum Gasteiger partial charge on any atom is -0.489 e. The zero-order chi connectivity index (χ0) is 25.7. The van der Waals surface area contributed by atoms with Crippen LogP contribution >= 0.6 is 11.3 Å². The van der Waals surface area contributed by atoms with Crippen molar-refractivity contribution in [2.75, 3.05) is 25.0 Å². The molecule has 11 heteroatoms. The van der Waals surface area contributed by atoms with E-state index in [9.17, 15) is 9.00 Å². The zero-order valence-corrected chi connectivity index (χ0v) is 22.3. The van der Waals surface area contributed by atoms with Crippen LogP contribution < -0.4 is 20.5 Å². The molecule has 0 radical (unpaired) electrons. The third-order valence-corrected chi connectivity index (χ3v) is 7.43. The number of nitrogens with zero attached hydrogens (tertiary/aromatic N) is 3. The molecule has 1 unspecified atom stereocenters. The maximum atomic E-state index is 12.6. The lowest BCUT2D eigenvalue weighted by Gasteiger charge is -2.31. The summed E-state index contributed by atoms with van der Waals surface area (Å²) in [5, 5.41) is 14.5. The van der Waals surface area contributed by atoms with Gasteiger partial charge in [-0.25, -0.2) is 14.3 Å². The average Bonchev–Trinajstić information content (AvgIpc) is 3.33. The van der Waals surface area contributed by atoms with Crippen LogP contribution in [0.15, 0.2) is 46.8 Å². The fourth-order valence-corrected chi connectivity index (χ4v) is 5.17. The number of nitrogens with two attached hydrogens (primary N) is 1. The van der Waals surface area contributed by atoms with Gasteiger partial charge in [0.1, 0.15) is 22.4 Å². The first-order chi connectivity index (χ1) is 17.3. The van der Waals surface area contributed by atoms with Gasteiger partial charge in [0.25, 0.3) is 5.91 Å². The van der Waals surface area contributed by atoms with Gasteiger partial charge in [-0.2, -0.15) is 0 Å². The summed E-state index contributed by atoms with van der Waals surface area (Å²) in [4.78, 5) is 24.6. The smallest absolute Gasteiger partial charge is 0.270 e. The third-order valence-electron chi connectivity index (χ3n) is 5.95. The van der Waals surface area contributed by atoms with E-state index in [-0.39, 0.29) is 18.1 Å². The van der Waals surface area contributed by atoms with Gasteiger partial charge in [0.05, 0.1) is 22.4 Å². The van der Waals surface area contributed by atoms with Crippen molar-refractivity contribution < 1.29 is 13.7 Å². The second-order valence-corrected chi connectivity index (χ2v) is 10.8. The number of ether oxygens (including phenoxy) is 1. The molecule has 9 nitrogen and oxygen atoms in total. The third kappa shape index (κ3) is 6.67. The molecule has 1 atom stereocenters. The van der Waals surface area contributed by atoms with Gasteiger partial charge in [0.2, 0.25) is 0 Å². The van der Waals surface area contributed by atoms with Crippen LogP contribution in [0.4, 0.5) is 10.8 Å². The van der Waals surface area contributed by atoms with Crippen LogP contribution in [0.3, 0.4) is 0 Å². The maximum Gasteiger partial charge on any atom is 0.270 e. The van der Waals surface area contributed by atoms with E-state index in [0.29, 0.717) is 27.2 Å².